The molecule has 2 aromatic rings. The molecule has 0 N–H and O–H groups in total. The Hall–Kier alpha value is -1.60. The third-order valence-electron chi connectivity index (χ3n) is 7.30. The second-order valence-electron chi connectivity index (χ2n) is 9.11. The molecule has 1 heteroatoms. The Labute approximate surface area is 159 Å². The van der Waals surface area contributed by atoms with Crippen molar-refractivity contribution in [3.05, 3.63) is 58.7 Å². The number of rotatable bonds is 3. The average molecular weight is 359 g/mol. The van der Waals surface area contributed by atoms with Crippen molar-refractivity contribution in [2.75, 3.05) is 0 Å². The van der Waals surface area contributed by atoms with Gasteiger partial charge >= 0.3 is 0 Å². The molecular formula is C25H30Si. The van der Waals surface area contributed by atoms with Gasteiger partial charge in [0.1, 0.15) is 8.07 Å². The summed E-state index contributed by atoms with van der Waals surface area (Å²) >= 11 is 0. The van der Waals surface area contributed by atoms with Crippen molar-refractivity contribution >= 4 is 18.5 Å². The normalized spacial score (nSPS) is 20.9. The van der Waals surface area contributed by atoms with Gasteiger partial charge in [-0.2, -0.15) is 0 Å². The van der Waals surface area contributed by atoms with Gasteiger partial charge in [0.05, 0.1) is 0 Å². The topological polar surface area (TPSA) is 0 Å². The van der Waals surface area contributed by atoms with Gasteiger partial charge in [-0.25, -0.2) is 0 Å². The predicted molar refractivity (Wildman–Crippen MR) is 116 cm³/mol. The lowest BCUT2D eigenvalue weighted by atomic mass is 9.83. The molecule has 2 bridgehead atoms. The molecule has 134 valence electrons. The molecule has 1 fully saturated rings. The Bertz CT molecular complexity index is 892. The van der Waals surface area contributed by atoms with Crippen molar-refractivity contribution in [2.24, 2.45) is 0 Å². The molecule has 0 spiro atoms. The van der Waals surface area contributed by atoms with Gasteiger partial charge < -0.3 is 0 Å². The summed E-state index contributed by atoms with van der Waals surface area (Å²) in [5.74, 6) is 0.803. The summed E-state index contributed by atoms with van der Waals surface area (Å²) in [6, 6.07) is 14.6. The van der Waals surface area contributed by atoms with Crippen molar-refractivity contribution in [3.63, 3.8) is 0 Å². The fourth-order valence-corrected chi connectivity index (χ4v) is 9.67. The minimum absolute atomic E-state index is 0.803. The predicted octanol–water partition coefficient (Wildman–Crippen LogP) is 6.59. The van der Waals surface area contributed by atoms with Gasteiger partial charge in [0.25, 0.3) is 0 Å². The number of benzene rings is 2. The van der Waals surface area contributed by atoms with E-state index in [1.165, 1.54) is 50.5 Å². The highest BCUT2D eigenvalue weighted by Crippen LogP contribution is 2.50. The molecule has 1 aliphatic heterocycles. The van der Waals surface area contributed by atoms with Crippen molar-refractivity contribution in [1.29, 1.82) is 0 Å². The van der Waals surface area contributed by atoms with Crippen molar-refractivity contribution in [3.8, 4) is 11.1 Å². The number of hydrogen-bond acceptors (Lipinski definition) is 0. The zero-order valence-electron chi connectivity index (χ0n) is 16.5. The van der Waals surface area contributed by atoms with Gasteiger partial charge in [0.15, 0.2) is 0 Å². The van der Waals surface area contributed by atoms with Gasteiger partial charge in [0, 0.05) is 0 Å². The summed E-state index contributed by atoms with van der Waals surface area (Å²) < 4.78 is 0. The van der Waals surface area contributed by atoms with E-state index in [2.05, 4.69) is 56.4 Å². The molecule has 2 aliphatic carbocycles. The lowest BCUT2D eigenvalue weighted by Crippen LogP contribution is -2.39. The lowest BCUT2D eigenvalue weighted by molar-refractivity contribution is 0.443. The van der Waals surface area contributed by atoms with Crippen molar-refractivity contribution in [2.45, 2.75) is 70.9 Å². The van der Waals surface area contributed by atoms with Crippen LogP contribution in [0.4, 0.5) is 0 Å². The van der Waals surface area contributed by atoms with E-state index in [9.17, 15) is 0 Å². The molecule has 0 unspecified atom stereocenters. The van der Waals surface area contributed by atoms with E-state index >= 15 is 0 Å². The highest BCUT2D eigenvalue weighted by Gasteiger charge is 2.45. The summed E-state index contributed by atoms with van der Waals surface area (Å²) in [5, 5.41) is 3.45. The molecule has 0 saturated heterocycles. The molecule has 0 nitrogen and oxygen atoms in total. The van der Waals surface area contributed by atoms with Crippen LogP contribution in [-0.2, 0) is 6.42 Å². The average Bonchev–Trinajstić information content (AvgIpc) is 3.14. The van der Waals surface area contributed by atoms with Gasteiger partial charge in [-0.15, -0.1) is 0 Å². The summed E-state index contributed by atoms with van der Waals surface area (Å²) in [4.78, 5) is 0. The monoisotopic (exact) mass is 358 g/mol. The van der Waals surface area contributed by atoms with Crippen LogP contribution in [0.15, 0.2) is 42.0 Å². The van der Waals surface area contributed by atoms with Crippen LogP contribution >= 0.6 is 0 Å². The Morgan fingerprint density at radius 2 is 1.62 bits per heavy atom. The van der Waals surface area contributed by atoms with Gasteiger partial charge in [-0.1, -0.05) is 81.3 Å². The summed E-state index contributed by atoms with van der Waals surface area (Å²) in [6.07, 6.45) is 9.45. The van der Waals surface area contributed by atoms with E-state index < -0.39 is 8.07 Å². The maximum absolute atomic E-state index is 2.56. The van der Waals surface area contributed by atoms with Crippen LogP contribution in [0.5, 0.6) is 0 Å². The zero-order chi connectivity index (χ0) is 17.9. The quantitative estimate of drug-likeness (QED) is 0.543. The Morgan fingerprint density at radius 3 is 2.31 bits per heavy atom. The SMILES string of the molecule is CCC1=C2c3c(ccc(c3-c3ccc(C4CCCCC4)cc3)[Si]2(C)C)C1. The molecular weight excluding hydrogens is 328 g/mol. The second kappa shape index (κ2) is 5.95. The molecule has 1 heterocycles. The zero-order valence-corrected chi connectivity index (χ0v) is 17.5. The van der Waals surface area contributed by atoms with Crippen molar-refractivity contribution < 1.29 is 0 Å². The van der Waals surface area contributed by atoms with E-state index in [4.69, 9.17) is 0 Å². The highest BCUT2D eigenvalue weighted by molar-refractivity contribution is 7.07. The molecule has 0 aromatic heterocycles. The molecule has 5 rings (SSSR count). The summed E-state index contributed by atoms with van der Waals surface area (Å²) in [5.41, 5.74) is 9.58. The van der Waals surface area contributed by atoms with E-state index in [-0.39, 0.29) is 0 Å². The third-order valence-corrected chi connectivity index (χ3v) is 10.9. The Balaban J connectivity index is 1.60. The second-order valence-corrected chi connectivity index (χ2v) is 13.4. The summed E-state index contributed by atoms with van der Waals surface area (Å²) in [6.45, 7) is 7.47. The largest absolute Gasteiger partial charge is 0.113 e. The van der Waals surface area contributed by atoms with Gasteiger partial charge in [0.2, 0.25) is 0 Å². The first-order chi connectivity index (χ1) is 12.6. The molecule has 3 aliphatic rings. The van der Waals surface area contributed by atoms with E-state index in [1.807, 2.05) is 0 Å². The molecule has 1 saturated carbocycles. The van der Waals surface area contributed by atoms with E-state index in [0.29, 0.717) is 0 Å². The molecule has 0 amide bonds. The smallest absolute Gasteiger partial charge is 0.0658 e. The van der Waals surface area contributed by atoms with Crippen LogP contribution in [0.2, 0.25) is 13.1 Å². The minimum Gasteiger partial charge on any atom is -0.0658 e. The third kappa shape index (κ3) is 2.26. The Morgan fingerprint density at radius 1 is 0.885 bits per heavy atom. The fraction of sp³-hybridized carbons (Fsp3) is 0.440. The first kappa shape index (κ1) is 16.6. The first-order valence-corrected chi connectivity index (χ1v) is 13.6. The van der Waals surface area contributed by atoms with Gasteiger partial charge in [-0.3, -0.25) is 0 Å². The molecule has 26 heavy (non-hydrogen) atoms. The molecule has 0 radical (unpaired) electrons. The number of hydrogen-bond donors (Lipinski definition) is 0. The number of allylic oxidation sites excluding steroid dienone is 1. The fourth-order valence-electron chi connectivity index (χ4n) is 5.94. The molecule has 0 atom stereocenters. The highest BCUT2D eigenvalue weighted by atomic mass is 28.3. The van der Waals surface area contributed by atoms with Crippen LogP contribution in [0.25, 0.3) is 16.3 Å². The number of fused-ring (bicyclic) bond motifs is 1. The maximum atomic E-state index is 2.56. The van der Waals surface area contributed by atoms with Crippen molar-refractivity contribution in [1.82, 2.24) is 0 Å². The maximum Gasteiger partial charge on any atom is 0.113 e. The summed E-state index contributed by atoms with van der Waals surface area (Å²) in [7, 11) is -1.52. The van der Waals surface area contributed by atoms with E-state index in [0.717, 1.165) is 5.92 Å². The molecule has 2 aromatic carbocycles. The van der Waals surface area contributed by atoms with Gasteiger partial charge in [-0.05, 0) is 69.8 Å². The van der Waals surface area contributed by atoms with Crippen LogP contribution in [0, 0.1) is 0 Å². The first-order valence-electron chi connectivity index (χ1n) is 10.6. The van der Waals surface area contributed by atoms with Crippen LogP contribution in [0.1, 0.15) is 68.1 Å². The minimum atomic E-state index is -1.52. The lowest BCUT2D eigenvalue weighted by Gasteiger charge is -2.23. The Kier molecular flexibility index (Phi) is 3.79. The van der Waals surface area contributed by atoms with E-state index in [1.54, 1.807) is 38.2 Å². The standard InChI is InChI=1S/C25H30Si/c1-4-17-16-21-14-15-22-23(24(21)25(17)26(22,2)3)20-12-10-19(11-13-20)18-8-6-5-7-9-18/h10-15,18H,4-9,16H2,1-3H3. The van der Waals surface area contributed by atoms with Crippen LogP contribution in [0.3, 0.4) is 0 Å². The van der Waals surface area contributed by atoms with Crippen LogP contribution < -0.4 is 5.19 Å². The van der Waals surface area contributed by atoms with Crippen LogP contribution in [-0.4, -0.2) is 8.07 Å².